The van der Waals surface area contributed by atoms with Gasteiger partial charge in [-0.25, -0.2) is 0 Å². The Morgan fingerprint density at radius 1 is 1.10 bits per heavy atom. The Morgan fingerprint density at radius 2 is 1.75 bits per heavy atom. The second kappa shape index (κ2) is 5.32. The highest BCUT2D eigenvalue weighted by Crippen LogP contribution is 2.30. The molecule has 1 aromatic heterocycles. The van der Waals surface area contributed by atoms with Gasteiger partial charge in [0, 0.05) is 18.0 Å². The Balaban J connectivity index is 2.30. The van der Waals surface area contributed by atoms with Crippen molar-refractivity contribution >= 4 is 5.97 Å². The van der Waals surface area contributed by atoms with E-state index in [1.807, 2.05) is 0 Å². The van der Waals surface area contributed by atoms with E-state index < -0.39 is 17.7 Å². The SMILES string of the molecule is O=C(O)Cc1cncc(-c2ccc(C(F)(F)F)cc2)c1. The van der Waals surface area contributed by atoms with Crippen molar-refractivity contribution in [3.63, 3.8) is 0 Å². The quantitative estimate of drug-likeness (QED) is 0.938. The number of halogens is 3. The lowest BCUT2D eigenvalue weighted by Gasteiger charge is -2.08. The smallest absolute Gasteiger partial charge is 0.416 e. The molecule has 0 aliphatic heterocycles. The van der Waals surface area contributed by atoms with Crippen LogP contribution in [0, 0.1) is 0 Å². The number of hydrogen-bond donors (Lipinski definition) is 1. The number of hydrogen-bond acceptors (Lipinski definition) is 2. The van der Waals surface area contributed by atoms with E-state index in [-0.39, 0.29) is 6.42 Å². The molecule has 0 fully saturated rings. The van der Waals surface area contributed by atoms with Gasteiger partial charge in [-0.1, -0.05) is 12.1 Å². The number of carbonyl (C=O) groups is 1. The minimum Gasteiger partial charge on any atom is -0.481 e. The van der Waals surface area contributed by atoms with Crippen LogP contribution in [0.2, 0.25) is 0 Å². The van der Waals surface area contributed by atoms with Crippen LogP contribution in [0.25, 0.3) is 11.1 Å². The van der Waals surface area contributed by atoms with Gasteiger partial charge in [0.15, 0.2) is 0 Å². The highest BCUT2D eigenvalue weighted by atomic mass is 19.4. The van der Waals surface area contributed by atoms with Gasteiger partial charge in [-0.2, -0.15) is 13.2 Å². The van der Waals surface area contributed by atoms with Crippen molar-refractivity contribution in [2.75, 3.05) is 0 Å². The Labute approximate surface area is 112 Å². The molecular weight excluding hydrogens is 271 g/mol. The van der Waals surface area contributed by atoms with E-state index in [0.29, 0.717) is 16.7 Å². The van der Waals surface area contributed by atoms with Crippen molar-refractivity contribution in [1.82, 2.24) is 4.98 Å². The van der Waals surface area contributed by atoms with Gasteiger partial charge in [-0.15, -0.1) is 0 Å². The van der Waals surface area contributed by atoms with Crippen LogP contribution in [0.1, 0.15) is 11.1 Å². The van der Waals surface area contributed by atoms with E-state index in [9.17, 15) is 18.0 Å². The summed E-state index contributed by atoms with van der Waals surface area (Å²) in [5, 5.41) is 8.70. The maximum Gasteiger partial charge on any atom is 0.416 e. The maximum absolute atomic E-state index is 12.5. The lowest BCUT2D eigenvalue weighted by Crippen LogP contribution is -2.04. The number of benzene rings is 1. The summed E-state index contributed by atoms with van der Waals surface area (Å²) in [6, 6.07) is 6.25. The third-order valence-electron chi connectivity index (χ3n) is 2.70. The molecule has 1 heterocycles. The van der Waals surface area contributed by atoms with E-state index in [4.69, 9.17) is 5.11 Å². The van der Waals surface area contributed by atoms with E-state index in [1.165, 1.54) is 24.5 Å². The highest BCUT2D eigenvalue weighted by molar-refractivity contribution is 5.71. The molecule has 0 aliphatic rings. The summed E-state index contributed by atoms with van der Waals surface area (Å²) in [5.41, 5.74) is 0.904. The number of aromatic nitrogens is 1. The van der Waals surface area contributed by atoms with Gasteiger partial charge < -0.3 is 5.11 Å². The van der Waals surface area contributed by atoms with Gasteiger partial charge >= 0.3 is 12.1 Å². The minimum absolute atomic E-state index is 0.179. The summed E-state index contributed by atoms with van der Waals surface area (Å²) < 4.78 is 37.4. The van der Waals surface area contributed by atoms with Gasteiger partial charge in [-0.3, -0.25) is 9.78 Å². The number of pyridine rings is 1. The monoisotopic (exact) mass is 281 g/mol. The molecule has 0 unspecified atom stereocenters. The van der Waals surface area contributed by atoms with Crippen molar-refractivity contribution < 1.29 is 23.1 Å². The molecule has 0 radical (unpaired) electrons. The van der Waals surface area contributed by atoms with Crippen molar-refractivity contribution in [1.29, 1.82) is 0 Å². The molecule has 0 atom stereocenters. The average molecular weight is 281 g/mol. The molecule has 0 spiro atoms. The molecule has 0 aliphatic carbocycles. The fourth-order valence-corrected chi connectivity index (χ4v) is 1.77. The Morgan fingerprint density at radius 3 is 2.30 bits per heavy atom. The fourth-order valence-electron chi connectivity index (χ4n) is 1.77. The molecule has 2 aromatic rings. The summed E-state index contributed by atoms with van der Waals surface area (Å²) in [4.78, 5) is 14.5. The van der Waals surface area contributed by atoms with Crippen LogP contribution < -0.4 is 0 Å². The zero-order chi connectivity index (χ0) is 14.8. The standard InChI is InChI=1S/C14H10F3NO2/c15-14(16,17)12-3-1-10(2-4-12)11-5-9(6-13(19)20)7-18-8-11/h1-5,7-8H,6H2,(H,19,20). The van der Waals surface area contributed by atoms with Crippen LogP contribution in [0.5, 0.6) is 0 Å². The fraction of sp³-hybridized carbons (Fsp3) is 0.143. The second-order valence-corrected chi connectivity index (χ2v) is 4.23. The molecule has 1 aromatic carbocycles. The molecule has 0 saturated carbocycles. The van der Waals surface area contributed by atoms with Crippen LogP contribution in [-0.4, -0.2) is 16.1 Å². The summed E-state index contributed by atoms with van der Waals surface area (Å²) in [5.74, 6) is -0.989. The molecule has 0 amide bonds. The maximum atomic E-state index is 12.5. The summed E-state index contributed by atoms with van der Waals surface area (Å²) in [6.45, 7) is 0. The molecule has 1 N–H and O–H groups in total. The molecule has 6 heteroatoms. The van der Waals surface area contributed by atoms with Gasteiger partial charge in [-0.05, 0) is 29.3 Å². The van der Waals surface area contributed by atoms with Crippen molar-refractivity contribution in [3.8, 4) is 11.1 Å². The van der Waals surface area contributed by atoms with Gasteiger partial charge in [0.25, 0.3) is 0 Å². The number of nitrogens with zero attached hydrogens (tertiary/aromatic N) is 1. The molecular formula is C14H10F3NO2. The first-order valence-electron chi connectivity index (χ1n) is 5.69. The first-order valence-corrected chi connectivity index (χ1v) is 5.69. The third kappa shape index (κ3) is 3.34. The zero-order valence-electron chi connectivity index (χ0n) is 10.2. The summed E-state index contributed by atoms with van der Waals surface area (Å²) in [6.07, 6.45) is -1.65. The number of rotatable bonds is 3. The molecule has 3 nitrogen and oxygen atoms in total. The van der Waals surface area contributed by atoms with Crippen LogP contribution >= 0.6 is 0 Å². The molecule has 20 heavy (non-hydrogen) atoms. The Bertz CT molecular complexity index is 621. The van der Waals surface area contributed by atoms with Crippen molar-refractivity contribution in [2.45, 2.75) is 12.6 Å². The topological polar surface area (TPSA) is 50.2 Å². The van der Waals surface area contributed by atoms with Gasteiger partial charge in [0.2, 0.25) is 0 Å². The Kier molecular flexibility index (Phi) is 3.74. The largest absolute Gasteiger partial charge is 0.481 e. The van der Waals surface area contributed by atoms with Crippen LogP contribution in [0.3, 0.4) is 0 Å². The summed E-state index contributed by atoms with van der Waals surface area (Å²) >= 11 is 0. The molecule has 104 valence electrons. The zero-order valence-corrected chi connectivity index (χ0v) is 10.2. The summed E-state index contributed by atoms with van der Waals surface area (Å²) in [7, 11) is 0. The second-order valence-electron chi connectivity index (χ2n) is 4.23. The number of alkyl halides is 3. The third-order valence-corrected chi connectivity index (χ3v) is 2.70. The highest BCUT2D eigenvalue weighted by Gasteiger charge is 2.29. The number of carboxylic acids is 1. The molecule has 2 rings (SSSR count). The van der Waals surface area contributed by atoms with E-state index in [2.05, 4.69) is 4.98 Å². The predicted molar refractivity (Wildman–Crippen MR) is 66.0 cm³/mol. The molecule has 0 saturated heterocycles. The van der Waals surface area contributed by atoms with E-state index in [1.54, 1.807) is 6.07 Å². The van der Waals surface area contributed by atoms with E-state index >= 15 is 0 Å². The van der Waals surface area contributed by atoms with Crippen molar-refractivity contribution in [2.24, 2.45) is 0 Å². The number of aliphatic carboxylic acids is 1. The Hall–Kier alpha value is -2.37. The first kappa shape index (κ1) is 14.0. The lowest BCUT2D eigenvalue weighted by molar-refractivity contribution is -0.138. The van der Waals surface area contributed by atoms with Crippen LogP contribution in [0.15, 0.2) is 42.7 Å². The lowest BCUT2D eigenvalue weighted by atomic mass is 10.0. The first-order chi connectivity index (χ1) is 9.36. The van der Waals surface area contributed by atoms with E-state index in [0.717, 1.165) is 12.1 Å². The van der Waals surface area contributed by atoms with Gasteiger partial charge in [0.1, 0.15) is 0 Å². The minimum atomic E-state index is -4.37. The average Bonchev–Trinajstić information content (AvgIpc) is 2.37. The normalized spacial score (nSPS) is 11.3. The van der Waals surface area contributed by atoms with Crippen LogP contribution in [0.4, 0.5) is 13.2 Å². The number of carboxylic acid groups (broad SMARTS) is 1. The van der Waals surface area contributed by atoms with Crippen molar-refractivity contribution in [3.05, 3.63) is 53.9 Å². The molecule has 0 bridgehead atoms. The van der Waals surface area contributed by atoms with Gasteiger partial charge in [0.05, 0.1) is 12.0 Å². The predicted octanol–water partition coefficient (Wildman–Crippen LogP) is 3.39. The van der Waals surface area contributed by atoms with Crippen LogP contribution in [-0.2, 0) is 17.4 Å².